The van der Waals surface area contributed by atoms with Crippen LogP contribution in [0.4, 0.5) is 10.2 Å². The van der Waals surface area contributed by atoms with Gasteiger partial charge in [0.15, 0.2) is 5.82 Å². The molecule has 16 heavy (non-hydrogen) atoms. The van der Waals surface area contributed by atoms with Gasteiger partial charge in [-0.2, -0.15) is 0 Å². The molecule has 2 N–H and O–H groups in total. The van der Waals surface area contributed by atoms with Gasteiger partial charge in [0.2, 0.25) is 0 Å². The SMILES string of the molecule is CCc1c(N)nnn1-c1ccc(Br)cc1F. The van der Waals surface area contributed by atoms with Crippen LogP contribution >= 0.6 is 15.9 Å². The van der Waals surface area contributed by atoms with E-state index in [1.54, 1.807) is 12.1 Å². The van der Waals surface area contributed by atoms with E-state index in [0.717, 1.165) is 0 Å². The summed E-state index contributed by atoms with van der Waals surface area (Å²) in [6, 6.07) is 4.76. The van der Waals surface area contributed by atoms with Gasteiger partial charge in [-0.25, -0.2) is 9.07 Å². The molecule has 1 heterocycles. The number of benzene rings is 1. The van der Waals surface area contributed by atoms with Crippen molar-refractivity contribution in [3.05, 3.63) is 34.2 Å². The predicted molar refractivity (Wildman–Crippen MR) is 62.8 cm³/mol. The monoisotopic (exact) mass is 284 g/mol. The summed E-state index contributed by atoms with van der Waals surface area (Å²) in [5, 5.41) is 7.57. The van der Waals surface area contributed by atoms with E-state index in [0.29, 0.717) is 28.1 Å². The second-order valence-corrected chi connectivity index (χ2v) is 4.20. The summed E-state index contributed by atoms with van der Waals surface area (Å²) in [6.07, 6.45) is 0.647. The Hall–Kier alpha value is -1.43. The minimum atomic E-state index is -0.367. The van der Waals surface area contributed by atoms with Crippen LogP contribution in [0.5, 0.6) is 0 Å². The Labute approximate surface area is 100 Å². The standard InChI is InChI=1S/C10H10BrFN4/c1-2-8-10(13)14-15-16(8)9-4-3-6(11)5-7(9)12/h3-5H,2,13H2,1H3. The molecule has 0 aliphatic rings. The van der Waals surface area contributed by atoms with Crippen molar-refractivity contribution < 1.29 is 4.39 Å². The highest BCUT2D eigenvalue weighted by atomic mass is 79.9. The van der Waals surface area contributed by atoms with Gasteiger partial charge in [0.25, 0.3) is 0 Å². The van der Waals surface area contributed by atoms with Crippen LogP contribution < -0.4 is 5.73 Å². The maximum Gasteiger partial charge on any atom is 0.169 e. The molecule has 0 aliphatic carbocycles. The first-order valence-corrected chi connectivity index (χ1v) is 5.58. The van der Waals surface area contributed by atoms with Crippen LogP contribution in [-0.2, 0) is 6.42 Å². The van der Waals surface area contributed by atoms with E-state index >= 15 is 0 Å². The van der Waals surface area contributed by atoms with Gasteiger partial charge in [-0.3, -0.25) is 0 Å². The smallest absolute Gasteiger partial charge is 0.169 e. The maximum atomic E-state index is 13.7. The Bertz CT molecular complexity index is 524. The first-order valence-electron chi connectivity index (χ1n) is 4.79. The molecular weight excluding hydrogens is 275 g/mol. The lowest BCUT2D eigenvalue weighted by molar-refractivity contribution is 0.602. The molecule has 0 saturated heterocycles. The zero-order valence-corrected chi connectivity index (χ0v) is 10.2. The third kappa shape index (κ3) is 1.80. The predicted octanol–water partition coefficient (Wildman–Crippen LogP) is 2.31. The van der Waals surface area contributed by atoms with Crippen molar-refractivity contribution in [3.63, 3.8) is 0 Å². The lowest BCUT2D eigenvalue weighted by atomic mass is 10.2. The van der Waals surface area contributed by atoms with E-state index in [9.17, 15) is 4.39 Å². The normalized spacial score (nSPS) is 10.7. The Kier molecular flexibility index (Phi) is 2.91. The number of rotatable bonds is 2. The molecule has 4 nitrogen and oxygen atoms in total. The topological polar surface area (TPSA) is 56.7 Å². The molecular formula is C10H10BrFN4. The van der Waals surface area contributed by atoms with Gasteiger partial charge in [0.05, 0.1) is 5.69 Å². The van der Waals surface area contributed by atoms with Gasteiger partial charge in [0.1, 0.15) is 11.5 Å². The molecule has 0 bridgehead atoms. The van der Waals surface area contributed by atoms with Crippen LogP contribution in [0.2, 0.25) is 0 Å². The molecule has 2 rings (SSSR count). The molecule has 6 heteroatoms. The fourth-order valence-electron chi connectivity index (χ4n) is 1.49. The number of nitrogens with two attached hydrogens (primary N) is 1. The summed E-state index contributed by atoms with van der Waals surface area (Å²) < 4.78 is 15.8. The average Bonchev–Trinajstić information content (AvgIpc) is 2.59. The van der Waals surface area contributed by atoms with Crippen LogP contribution in [0, 0.1) is 5.82 Å². The number of nitrogens with zero attached hydrogens (tertiary/aromatic N) is 3. The number of aromatic nitrogens is 3. The quantitative estimate of drug-likeness (QED) is 0.921. The summed E-state index contributed by atoms with van der Waals surface area (Å²) in [5.74, 6) is -0.0289. The van der Waals surface area contributed by atoms with Gasteiger partial charge in [-0.05, 0) is 24.6 Å². The molecule has 0 aliphatic heterocycles. The van der Waals surface area contributed by atoms with Crippen LogP contribution in [0.3, 0.4) is 0 Å². The van der Waals surface area contributed by atoms with Crippen LogP contribution in [0.15, 0.2) is 22.7 Å². The van der Waals surface area contributed by atoms with Gasteiger partial charge in [0, 0.05) is 4.47 Å². The zero-order valence-electron chi connectivity index (χ0n) is 8.61. The molecule has 0 atom stereocenters. The van der Waals surface area contributed by atoms with Crippen molar-refractivity contribution in [2.45, 2.75) is 13.3 Å². The molecule has 84 valence electrons. The maximum absolute atomic E-state index is 13.7. The van der Waals surface area contributed by atoms with Crippen molar-refractivity contribution in [3.8, 4) is 5.69 Å². The lowest BCUT2D eigenvalue weighted by Crippen LogP contribution is -2.05. The second-order valence-electron chi connectivity index (χ2n) is 3.28. The summed E-state index contributed by atoms with van der Waals surface area (Å²) in [5.41, 5.74) is 6.70. The number of halogens is 2. The molecule has 0 unspecified atom stereocenters. The Balaban J connectivity index is 2.58. The summed E-state index contributed by atoms with van der Waals surface area (Å²) >= 11 is 3.20. The molecule has 2 aromatic rings. The van der Waals surface area contributed by atoms with Crippen molar-refractivity contribution in [2.75, 3.05) is 5.73 Å². The fourth-order valence-corrected chi connectivity index (χ4v) is 1.82. The largest absolute Gasteiger partial charge is 0.381 e. The Morgan fingerprint density at radius 1 is 1.50 bits per heavy atom. The summed E-state index contributed by atoms with van der Waals surface area (Å²) in [7, 11) is 0. The first kappa shape index (κ1) is 11.1. The zero-order chi connectivity index (χ0) is 11.7. The van der Waals surface area contributed by atoms with Crippen molar-refractivity contribution in [1.82, 2.24) is 15.0 Å². The van der Waals surface area contributed by atoms with Crippen molar-refractivity contribution in [1.29, 1.82) is 0 Å². The number of hydrogen-bond acceptors (Lipinski definition) is 3. The minimum Gasteiger partial charge on any atom is -0.381 e. The first-order chi connectivity index (χ1) is 7.63. The van der Waals surface area contributed by atoms with Crippen molar-refractivity contribution in [2.24, 2.45) is 0 Å². The van der Waals surface area contributed by atoms with E-state index in [4.69, 9.17) is 5.73 Å². The van der Waals surface area contributed by atoms with Crippen molar-refractivity contribution >= 4 is 21.7 Å². The molecule has 0 saturated carbocycles. The third-order valence-corrected chi connectivity index (χ3v) is 2.76. The van der Waals surface area contributed by atoms with Crippen LogP contribution in [0.1, 0.15) is 12.6 Å². The summed E-state index contributed by atoms with van der Waals surface area (Å²) in [6.45, 7) is 1.92. The van der Waals surface area contributed by atoms with Gasteiger partial charge in [-0.1, -0.05) is 28.1 Å². The molecule has 1 aromatic heterocycles. The number of anilines is 1. The molecule has 1 aromatic carbocycles. The second kappa shape index (κ2) is 4.21. The fraction of sp³-hybridized carbons (Fsp3) is 0.200. The molecule has 0 fully saturated rings. The van der Waals surface area contributed by atoms with Crippen LogP contribution in [0.25, 0.3) is 5.69 Å². The summed E-state index contributed by atoms with van der Waals surface area (Å²) in [4.78, 5) is 0. The Morgan fingerprint density at radius 2 is 2.25 bits per heavy atom. The van der Waals surface area contributed by atoms with E-state index in [1.807, 2.05) is 6.92 Å². The highest BCUT2D eigenvalue weighted by Crippen LogP contribution is 2.21. The van der Waals surface area contributed by atoms with Crippen LogP contribution in [-0.4, -0.2) is 15.0 Å². The highest BCUT2D eigenvalue weighted by molar-refractivity contribution is 9.10. The van der Waals surface area contributed by atoms with E-state index in [-0.39, 0.29) is 5.82 Å². The lowest BCUT2D eigenvalue weighted by Gasteiger charge is -2.06. The highest BCUT2D eigenvalue weighted by Gasteiger charge is 2.13. The van der Waals surface area contributed by atoms with Gasteiger partial charge >= 0.3 is 0 Å². The molecule has 0 radical (unpaired) electrons. The number of nitrogen functional groups attached to an aromatic ring is 1. The minimum absolute atomic E-state index is 0.338. The average molecular weight is 285 g/mol. The van der Waals surface area contributed by atoms with Gasteiger partial charge in [-0.15, -0.1) is 5.10 Å². The third-order valence-electron chi connectivity index (χ3n) is 2.27. The van der Waals surface area contributed by atoms with E-state index < -0.39 is 0 Å². The van der Waals surface area contributed by atoms with E-state index in [1.165, 1.54) is 10.7 Å². The molecule has 0 amide bonds. The van der Waals surface area contributed by atoms with E-state index in [2.05, 4.69) is 26.2 Å². The number of hydrogen-bond donors (Lipinski definition) is 1. The van der Waals surface area contributed by atoms with Gasteiger partial charge < -0.3 is 5.73 Å². The molecule has 0 spiro atoms. The Morgan fingerprint density at radius 3 is 2.88 bits per heavy atom.